The molecule has 130 valence electrons. The smallest absolute Gasteiger partial charge is 0.327 e. The summed E-state index contributed by atoms with van der Waals surface area (Å²) in [4.78, 5) is 20.8. The van der Waals surface area contributed by atoms with E-state index < -0.39 is 6.04 Å². The summed E-state index contributed by atoms with van der Waals surface area (Å²) in [5.41, 5.74) is 1.78. The maximum atomic E-state index is 12.4. The van der Waals surface area contributed by atoms with E-state index in [1.165, 1.54) is 7.11 Å². The van der Waals surface area contributed by atoms with Crippen LogP contribution in [0, 0.1) is 0 Å². The lowest BCUT2D eigenvalue weighted by atomic mass is 10.0. The molecule has 2 heterocycles. The maximum Gasteiger partial charge on any atom is 0.327 e. The minimum Gasteiger partial charge on any atom is -0.468 e. The minimum absolute atomic E-state index is 0.327. The molecule has 6 nitrogen and oxygen atoms in total. The Labute approximate surface area is 150 Å². The van der Waals surface area contributed by atoms with Crippen LogP contribution in [-0.4, -0.2) is 27.4 Å². The van der Waals surface area contributed by atoms with E-state index in [1.54, 1.807) is 12.4 Å². The largest absolute Gasteiger partial charge is 0.468 e. The highest BCUT2D eigenvalue weighted by Crippen LogP contribution is 2.22. The van der Waals surface area contributed by atoms with Crippen molar-refractivity contribution < 1.29 is 9.53 Å². The first-order valence-electron chi connectivity index (χ1n) is 8.33. The molecule has 0 spiro atoms. The van der Waals surface area contributed by atoms with Gasteiger partial charge in [-0.1, -0.05) is 36.4 Å². The number of rotatable bonds is 5. The standard InChI is InChI=1S/C20H18N4O2/c1-26-19(25)18(16-8-7-14-5-2-3-6-15(14)11-16)22-12-17-13-23-20-21-9-4-10-24(17)20/h2-11,13,18,22H,12H2,1H3/t18-/m1/s1. The van der Waals surface area contributed by atoms with Crippen LogP contribution in [0.3, 0.4) is 0 Å². The number of fused-ring (bicyclic) bond motifs is 2. The van der Waals surface area contributed by atoms with Crippen LogP contribution >= 0.6 is 0 Å². The van der Waals surface area contributed by atoms with Crippen molar-refractivity contribution in [3.63, 3.8) is 0 Å². The van der Waals surface area contributed by atoms with E-state index in [0.29, 0.717) is 12.3 Å². The second-order valence-corrected chi connectivity index (χ2v) is 5.98. The van der Waals surface area contributed by atoms with Crippen LogP contribution in [-0.2, 0) is 16.1 Å². The third-order valence-electron chi connectivity index (χ3n) is 4.40. The topological polar surface area (TPSA) is 68.5 Å². The van der Waals surface area contributed by atoms with Crippen LogP contribution in [0.2, 0.25) is 0 Å². The van der Waals surface area contributed by atoms with Gasteiger partial charge in [-0.2, -0.15) is 0 Å². The molecule has 4 rings (SSSR count). The van der Waals surface area contributed by atoms with Crippen LogP contribution in [0.4, 0.5) is 0 Å². The number of ether oxygens (including phenoxy) is 1. The Kier molecular flexibility index (Phi) is 4.33. The number of carbonyl (C=O) groups excluding carboxylic acids is 1. The zero-order valence-corrected chi connectivity index (χ0v) is 14.3. The molecule has 2 aromatic carbocycles. The summed E-state index contributed by atoms with van der Waals surface area (Å²) in [5.74, 6) is 0.303. The summed E-state index contributed by atoms with van der Waals surface area (Å²) in [6.45, 7) is 0.458. The molecular weight excluding hydrogens is 328 g/mol. The molecule has 1 N–H and O–H groups in total. The van der Waals surface area contributed by atoms with Gasteiger partial charge in [0, 0.05) is 18.9 Å². The average Bonchev–Trinajstić information content (AvgIpc) is 3.11. The first-order valence-corrected chi connectivity index (χ1v) is 8.33. The van der Waals surface area contributed by atoms with Crippen molar-refractivity contribution in [2.75, 3.05) is 7.11 Å². The SMILES string of the molecule is COC(=O)[C@H](NCc1cnc2ncccn12)c1ccc2ccccc2c1. The van der Waals surface area contributed by atoms with Crippen molar-refractivity contribution in [1.82, 2.24) is 19.7 Å². The molecule has 0 bridgehead atoms. The number of carbonyl (C=O) groups is 1. The van der Waals surface area contributed by atoms with Crippen LogP contribution in [0.15, 0.2) is 67.1 Å². The number of imidazole rings is 1. The molecule has 0 amide bonds. The first-order chi connectivity index (χ1) is 12.8. The number of hydrogen-bond acceptors (Lipinski definition) is 5. The summed E-state index contributed by atoms with van der Waals surface area (Å²) < 4.78 is 6.89. The fourth-order valence-corrected chi connectivity index (χ4v) is 3.06. The molecule has 0 aliphatic rings. The van der Waals surface area contributed by atoms with Crippen LogP contribution in [0.1, 0.15) is 17.3 Å². The van der Waals surface area contributed by atoms with Gasteiger partial charge in [0.25, 0.3) is 0 Å². The van der Waals surface area contributed by atoms with Gasteiger partial charge in [-0.15, -0.1) is 0 Å². The minimum atomic E-state index is -0.563. The number of nitrogens with one attached hydrogen (secondary N) is 1. The van der Waals surface area contributed by atoms with Crippen molar-refractivity contribution in [3.8, 4) is 0 Å². The van der Waals surface area contributed by atoms with Gasteiger partial charge in [-0.05, 0) is 28.5 Å². The van der Waals surface area contributed by atoms with Gasteiger partial charge in [0.15, 0.2) is 0 Å². The number of hydrogen-bond donors (Lipinski definition) is 1. The number of esters is 1. The molecule has 2 aromatic heterocycles. The van der Waals surface area contributed by atoms with Gasteiger partial charge in [-0.3, -0.25) is 9.72 Å². The van der Waals surface area contributed by atoms with Crippen LogP contribution in [0.25, 0.3) is 16.6 Å². The predicted octanol–water partition coefficient (Wildman–Crippen LogP) is 2.89. The molecule has 1 atom stereocenters. The van der Waals surface area contributed by atoms with E-state index >= 15 is 0 Å². The highest BCUT2D eigenvalue weighted by atomic mass is 16.5. The van der Waals surface area contributed by atoms with E-state index in [9.17, 15) is 4.79 Å². The third kappa shape index (κ3) is 3.02. The summed E-state index contributed by atoms with van der Waals surface area (Å²) in [5, 5.41) is 5.50. The molecule has 4 aromatic rings. The van der Waals surface area contributed by atoms with Gasteiger partial charge in [-0.25, -0.2) is 14.8 Å². The Hall–Kier alpha value is -3.25. The lowest BCUT2D eigenvalue weighted by Gasteiger charge is -2.17. The lowest BCUT2D eigenvalue weighted by molar-refractivity contribution is -0.143. The van der Waals surface area contributed by atoms with Crippen molar-refractivity contribution in [3.05, 3.63) is 78.4 Å². The second kappa shape index (κ2) is 6.93. The Bertz CT molecular complexity index is 1070. The van der Waals surface area contributed by atoms with E-state index in [-0.39, 0.29) is 5.97 Å². The molecule has 0 unspecified atom stereocenters. The van der Waals surface area contributed by atoms with Gasteiger partial charge < -0.3 is 4.74 Å². The third-order valence-corrected chi connectivity index (χ3v) is 4.40. The van der Waals surface area contributed by atoms with E-state index in [0.717, 1.165) is 22.0 Å². The van der Waals surface area contributed by atoms with Crippen molar-refractivity contribution in [2.24, 2.45) is 0 Å². The summed E-state index contributed by atoms with van der Waals surface area (Å²) in [7, 11) is 1.40. The summed E-state index contributed by atoms with van der Waals surface area (Å²) >= 11 is 0. The number of aromatic nitrogens is 3. The quantitative estimate of drug-likeness (QED) is 0.563. The average molecular weight is 346 g/mol. The Morgan fingerprint density at radius 1 is 1.15 bits per heavy atom. The molecule has 0 fully saturated rings. The molecule has 0 aliphatic carbocycles. The summed E-state index contributed by atoms with van der Waals surface area (Å²) in [6.07, 6.45) is 5.35. The monoisotopic (exact) mass is 346 g/mol. The number of benzene rings is 2. The lowest BCUT2D eigenvalue weighted by Crippen LogP contribution is -2.29. The Morgan fingerprint density at radius 3 is 2.85 bits per heavy atom. The van der Waals surface area contributed by atoms with Gasteiger partial charge in [0.1, 0.15) is 6.04 Å². The van der Waals surface area contributed by atoms with Crippen molar-refractivity contribution in [2.45, 2.75) is 12.6 Å². The molecule has 0 aliphatic heterocycles. The highest BCUT2D eigenvalue weighted by molar-refractivity contribution is 5.85. The maximum absolute atomic E-state index is 12.4. The first kappa shape index (κ1) is 16.2. The zero-order valence-electron chi connectivity index (χ0n) is 14.3. The van der Waals surface area contributed by atoms with E-state index in [4.69, 9.17) is 4.74 Å². The zero-order chi connectivity index (χ0) is 17.9. The van der Waals surface area contributed by atoms with Crippen LogP contribution < -0.4 is 5.32 Å². The predicted molar refractivity (Wildman–Crippen MR) is 98.5 cm³/mol. The molecule has 6 heteroatoms. The Morgan fingerprint density at radius 2 is 2.00 bits per heavy atom. The highest BCUT2D eigenvalue weighted by Gasteiger charge is 2.21. The molecule has 0 saturated carbocycles. The van der Waals surface area contributed by atoms with Crippen molar-refractivity contribution >= 4 is 22.5 Å². The van der Waals surface area contributed by atoms with Gasteiger partial charge >= 0.3 is 5.97 Å². The molecule has 0 saturated heterocycles. The second-order valence-electron chi connectivity index (χ2n) is 5.98. The van der Waals surface area contributed by atoms with Crippen LogP contribution in [0.5, 0.6) is 0 Å². The summed E-state index contributed by atoms with van der Waals surface area (Å²) in [6, 6.07) is 15.3. The fourth-order valence-electron chi connectivity index (χ4n) is 3.06. The normalized spacial score (nSPS) is 12.3. The van der Waals surface area contributed by atoms with Gasteiger partial charge in [0.2, 0.25) is 5.78 Å². The number of nitrogens with zero attached hydrogens (tertiary/aromatic N) is 3. The van der Waals surface area contributed by atoms with Crippen molar-refractivity contribution in [1.29, 1.82) is 0 Å². The van der Waals surface area contributed by atoms with Gasteiger partial charge in [0.05, 0.1) is 19.0 Å². The fraction of sp³-hybridized carbons (Fsp3) is 0.150. The Balaban J connectivity index is 1.63. The molecular formula is C20H18N4O2. The van der Waals surface area contributed by atoms with E-state index in [1.807, 2.05) is 59.1 Å². The molecule has 26 heavy (non-hydrogen) atoms. The van der Waals surface area contributed by atoms with E-state index in [2.05, 4.69) is 15.3 Å². The molecule has 0 radical (unpaired) electrons. The number of methoxy groups -OCH3 is 1.